The topological polar surface area (TPSA) is 72.6 Å². The molecular weight excluding hydrogens is 355 g/mol. The molecule has 2 N–H and O–H groups in total. The quantitative estimate of drug-likeness (QED) is 0.868. The van der Waals surface area contributed by atoms with Crippen LogP contribution in [-0.2, 0) is 16.6 Å². The summed E-state index contributed by atoms with van der Waals surface area (Å²) in [7, 11) is -3.38. The van der Waals surface area contributed by atoms with E-state index in [1.54, 1.807) is 12.1 Å². The second kappa shape index (κ2) is 7.73. The summed E-state index contributed by atoms with van der Waals surface area (Å²) in [5, 5.41) is 0. The first-order valence-corrected chi connectivity index (χ1v) is 10.4. The van der Waals surface area contributed by atoms with E-state index in [0.717, 1.165) is 11.1 Å². The van der Waals surface area contributed by atoms with E-state index in [1.165, 1.54) is 16.6 Å². The van der Waals surface area contributed by atoms with Crippen LogP contribution >= 0.6 is 0 Å². The molecule has 2 aromatic rings. The number of hydrogen-bond donors (Lipinski definition) is 1. The molecule has 0 amide bonds. The molecule has 1 fully saturated rings. The van der Waals surface area contributed by atoms with Crippen molar-refractivity contribution >= 4 is 10.0 Å². The number of halogens is 1. The Kier molecular flexibility index (Phi) is 5.60. The highest BCUT2D eigenvalue weighted by Crippen LogP contribution is 2.31. The molecule has 26 heavy (non-hydrogen) atoms. The van der Waals surface area contributed by atoms with E-state index in [4.69, 9.17) is 10.5 Å². The lowest BCUT2D eigenvalue weighted by Crippen LogP contribution is -2.47. The minimum atomic E-state index is -3.38. The molecule has 0 radical (unpaired) electrons. The lowest BCUT2D eigenvalue weighted by molar-refractivity contribution is 0.113. The van der Waals surface area contributed by atoms with Crippen LogP contribution in [0.3, 0.4) is 0 Å². The summed E-state index contributed by atoms with van der Waals surface area (Å²) >= 11 is 0. The first kappa shape index (κ1) is 18.8. The second-order valence-electron chi connectivity index (χ2n) is 6.63. The number of piperidine rings is 1. The summed E-state index contributed by atoms with van der Waals surface area (Å²) in [5.74, 6) is -0.375. The highest BCUT2D eigenvalue weighted by atomic mass is 32.2. The molecule has 1 aliphatic heterocycles. The Hall–Kier alpha value is -1.96. The van der Waals surface area contributed by atoms with Gasteiger partial charge in [0.15, 0.2) is 11.6 Å². The van der Waals surface area contributed by atoms with E-state index >= 15 is 0 Å². The smallest absolute Gasteiger partial charge is 0.211 e. The first-order valence-electron chi connectivity index (χ1n) is 8.52. The average molecular weight is 378 g/mol. The maximum atomic E-state index is 14.1. The zero-order chi connectivity index (χ0) is 18.7. The molecular formula is C19H23FN2O3S. The van der Waals surface area contributed by atoms with Crippen LogP contribution in [0.2, 0.25) is 0 Å². The molecule has 2 atom stereocenters. The molecule has 140 valence electrons. The van der Waals surface area contributed by atoms with Gasteiger partial charge in [0, 0.05) is 19.0 Å². The van der Waals surface area contributed by atoms with Crippen molar-refractivity contribution in [1.82, 2.24) is 4.31 Å². The van der Waals surface area contributed by atoms with Gasteiger partial charge in [-0.25, -0.2) is 12.8 Å². The third-order valence-electron chi connectivity index (χ3n) is 4.64. The minimum absolute atomic E-state index is 0.00886. The van der Waals surface area contributed by atoms with Crippen LogP contribution in [-0.4, -0.2) is 38.2 Å². The Labute approximate surface area is 153 Å². The van der Waals surface area contributed by atoms with Crippen molar-refractivity contribution < 1.29 is 17.5 Å². The van der Waals surface area contributed by atoms with Crippen LogP contribution in [0.15, 0.2) is 48.5 Å². The minimum Gasteiger partial charge on any atom is -0.486 e. The lowest BCUT2D eigenvalue weighted by Gasteiger charge is -2.36. The van der Waals surface area contributed by atoms with Gasteiger partial charge in [0.2, 0.25) is 10.0 Å². The maximum Gasteiger partial charge on any atom is 0.211 e. The van der Waals surface area contributed by atoms with Gasteiger partial charge in [0.25, 0.3) is 0 Å². The molecule has 0 spiro atoms. The van der Waals surface area contributed by atoms with Crippen molar-refractivity contribution in [2.24, 2.45) is 5.73 Å². The molecule has 5 nitrogen and oxygen atoms in total. The van der Waals surface area contributed by atoms with Crippen molar-refractivity contribution in [3.05, 3.63) is 65.5 Å². The molecule has 0 aromatic heterocycles. The van der Waals surface area contributed by atoms with Crippen molar-refractivity contribution in [3.63, 3.8) is 0 Å². The standard InChI is InChI=1S/C19H23FN2O3S/c1-26(23,24)22-12-16(15-5-3-2-4-6-15)10-17(13-22)25-19-9-14(11-21)7-8-18(19)20/h2-9,16-17H,10-13,21H2,1H3/t16-,17-/m0/s1. The second-order valence-corrected chi connectivity index (χ2v) is 8.61. The Balaban J connectivity index is 1.86. The van der Waals surface area contributed by atoms with Gasteiger partial charge in [0.1, 0.15) is 6.10 Å². The number of rotatable bonds is 5. The predicted molar refractivity (Wildman–Crippen MR) is 98.9 cm³/mol. The molecule has 0 saturated carbocycles. The summed E-state index contributed by atoms with van der Waals surface area (Å²) in [4.78, 5) is 0. The normalized spacial score (nSPS) is 21.5. The summed E-state index contributed by atoms with van der Waals surface area (Å²) in [6.07, 6.45) is 1.36. The molecule has 1 saturated heterocycles. The molecule has 1 heterocycles. The Morgan fingerprint density at radius 1 is 1.19 bits per heavy atom. The maximum absolute atomic E-state index is 14.1. The van der Waals surface area contributed by atoms with Gasteiger partial charge in [-0.05, 0) is 29.7 Å². The van der Waals surface area contributed by atoms with E-state index in [0.29, 0.717) is 13.0 Å². The number of sulfonamides is 1. The largest absolute Gasteiger partial charge is 0.486 e. The molecule has 2 aromatic carbocycles. The van der Waals surface area contributed by atoms with Crippen LogP contribution in [0, 0.1) is 5.82 Å². The van der Waals surface area contributed by atoms with Crippen molar-refractivity contribution in [2.45, 2.75) is 25.0 Å². The summed E-state index contributed by atoms with van der Waals surface area (Å²) < 4.78 is 45.6. The van der Waals surface area contributed by atoms with Crippen LogP contribution in [0.5, 0.6) is 5.75 Å². The van der Waals surface area contributed by atoms with Gasteiger partial charge in [-0.2, -0.15) is 4.31 Å². The molecule has 1 aliphatic rings. The van der Waals surface area contributed by atoms with E-state index in [1.807, 2.05) is 30.3 Å². The first-order chi connectivity index (χ1) is 12.4. The summed E-state index contributed by atoms with van der Waals surface area (Å²) in [6, 6.07) is 14.2. The Bertz CT molecular complexity index is 858. The van der Waals surface area contributed by atoms with Crippen LogP contribution in [0.4, 0.5) is 4.39 Å². The third-order valence-corrected chi connectivity index (χ3v) is 5.88. The van der Waals surface area contributed by atoms with E-state index in [-0.39, 0.29) is 24.8 Å². The number of nitrogens with two attached hydrogens (primary N) is 1. The molecule has 0 aliphatic carbocycles. The molecule has 0 unspecified atom stereocenters. The number of nitrogens with zero attached hydrogens (tertiary/aromatic N) is 1. The fourth-order valence-corrected chi connectivity index (χ4v) is 4.17. The van der Waals surface area contributed by atoms with Crippen molar-refractivity contribution in [2.75, 3.05) is 19.3 Å². The lowest BCUT2D eigenvalue weighted by atomic mass is 9.90. The molecule has 3 rings (SSSR count). The average Bonchev–Trinajstić information content (AvgIpc) is 2.63. The molecule has 0 bridgehead atoms. The number of hydrogen-bond acceptors (Lipinski definition) is 4. The highest BCUT2D eigenvalue weighted by molar-refractivity contribution is 7.88. The predicted octanol–water partition coefficient (Wildman–Crippen LogP) is 2.48. The van der Waals surface area contributed by atoms with Gasteiger partial charge in [-0.1, -0.05) is 36.4 Å². The van der Waals surface area contributed by atoms with E-state index in [2.05, 4.69) is 0 Å². The third kappa shape index (κ3) is 4.41. The zero-order valence-corrected chi connectivity index (χ0v) is 15.5. The number of ether oxygens (including phenoxy) is 1. The monoisotopic (exact) mass is 378 g/mol. The van der Waals surface area contributed by atoms with Crippen LogP contribution in [0.1, 0.15) is 23.5 Å². The molecule has 7 heteroatoms. The van der Waals surface area contributed by atoms with Gasteiger partial charge in [-0.3, -0.25) is 0 Å². The van der Waals surface area contributed by atoms with Gasteiger partial charge < -0.3 is 10.5 Å². The van der Waals surface area contributed by atoms with Gasteiger partial charge in [0.05, 0.1) is 12.8 Å². The highest BCUT2D eigenvalue weighted by Gasteiger charge is 2.34. The SMILES string of the molecule is CS(=O)(=O)N1C[C@@H](Oc2cc(CN)ccc2F)C[C@H](c2ccccc2)C1. The van der Waals surface area contributed by atoms with Crippen molar-refractivity contribution in [3.8, 4) is 5.75 Å². The fraction of sp³-hybridized carbons (Fsp3) is 0.368. The van der Waals surface area contributed by atoms with Crippen LogP contribution < -0.4 is 10.5 Å². The van der Waals surface area contributed by atoms with Gasteiger partial charge in [-0.15, -0.1) is 0 Å². The number of benzene rings is 2. The fourth-order valence-electron chi connectivity index (χ4n) is 3.28. The van der Waals surface area contributed by atoms with E-state index in [9.17, 15) is 12.8 Å². The zero-order valence-electron chi connectivity index (χ0n) is 14.6. The summed E-state index contributed by atoms with van der Waals surface area (Å²) in [5.41, 5.74) is 7.42. The van der Waals surface area contributed by atoms with Crippen LogP contribution in [0.25, 0.3) is 0 Å². The van der Waals surface area contributed by atoms with Crippen molar-refractivity contribution in [1.29, 1.82) is 0 Å². The summed E-state index contributed by atoms with van der Waals surface area (Å²) in [6.45, 7) is 0.881. The van der Waals surface area contributed by atoms with Gasteiger partial charge >= 0.3 is 0 Å². The Morgan fingerprint density at radius 3 is 2.58 bits per heavy atom. The van der Waals surface area contributed by atoms with E-state index < -0.39 is 21.9 Å². The Morgan fingerprint density at radius 2 is 1.92 bits per heavy atom.